The molecule has 0 saturated carbocycles. The number of likely N-dealkylation sites (N-methyl/N-ethyl adjacent to an activating group) is 1. The topological polar surface area (TPSA) is 111 Å². The molecule has 1 amide bonds. The summed E-state index contributed by atoms with van der Waals surface area (Å²) in [7, 11) is 1.49. The second-order valence-corrected chi connectivity index (χ2v) is 26.1. The molecule has 2 N–H and O–H groups in total. The number of nitrogens with one attached hydrogen (secondary N) is 1. The Kier molecular flexibility index (Phi) is 59.6. The van der Waals surface area contributed by atoms with Crippen LogP contribution in [-0.2, 0) is 27.9 Å². The van der Waals surface area contributed by atoms with E-state index in [-0.39, 0.29) is 31.5 Å². The van der Waals surface area contributed by atoms with Crippen molar-refractivity contribution in [2.24, 2.45) is 0 Å². The molecule has 478 valence electrons. The van der Waals surface area contributed by atoms with Gasteiger partial charge in [0.2, 0.25) is 5.91 Å². The third-order valence-electron chi connectivity index (χ3n) is 15.4. The third kappa shape index (κ3) is 62.0. The zero-order chi connectivity index (χ0) is 60.0. The number of nitrogens with zero attached hydrogens (tertiary/aromatic N) is 1. The average Bonchev–Trinajstić information content (AvgIpc) is 3.44. The SMILES string of the molecule is CCCCC/C=C\C/C=C\C/C=C\CCCCCCCCCCCCC(=O)OC(/C=C/CCCCCCCCCCCC)C(COP(=O)(O)OCC[N+](C)(C)C)NC(=O)CCCCCCCCCCCCC/C=C\C/C=C\CCCCC. The number of rotatable bonds is 63. The molecule has 9 nitrogen and oxygen atoms in total. The van der Waals surface area contributed by atoms with Crippen LogP contribution >= 0.6 is 7.82 Å². The molecule has 0 radical (unpaired) electrons. The Bertz CT molecular complexity index is 1630. The van der Waals surface area contributed by atoms with E-state index >= 15 is 0 Å². The lowest BCUT2D eigenvalue weighted by Gasteiger charge is -2.27. The molecule has 0 aromatic carbocycles. The van der Waals surface area contributed by atoms with E-state index in [2.05, 4.69) is 86.8 Å². The smallest absolute Gasteiger partial charge is 0.456 e. The van der Waals surface area contributed by atoms with Crippen LogP contribution in [0, 0.1) is 0 Å². The maximum absolute atomic E-state index is 13.6. The number of unbranched alkanes of at least 4 members (excludes halogenated alkanes) is 37. The first-order valence-corrected chi connectivity index (χ1v) is 36.3. The van der Waals surface area contributed by atoms with E-state index in [0.717, 1.165) is 77.0 Å². The molecule has 0 rings (SSSR count). The number of hydrogen-bond acceptors (Lipinski definition) is 6. The molecule has 0 saturated heterocycles. The first kappa shape index (κ1) is 79.5. The van der Waals surface area contributed by atoms with E-state index in [9.17, 15) is 19.0 Å². The monoisotopic (exact) mass is 1170 g/mol. The van der Waals surface area contributed by atoms with E-state index in [1.165, 1.54) is 212 Å². The van der Waals surface area contributed by atoms with Gasteiger partial charge in [-0.25, -0.2) is 4.57 Å². The van der Waals surface area contributed by atoms with Crippen molar-refractivity contribution in [2.75, 3.05) is 40.9 Å². The van der Waals surface area contributed by atoms with Gasteiger partial charge in [-0.15, -0.1) is 0 Å². The molecule has 82 heavy (non-hydrogen) atoms. The van der Waals surface area contributed by atoms with Crippen LogP contribution < -0.4 is 5.32 Å². The minimum absolute atomic E-state index is 0.0379. The molecular weight excluding hydrogens is 1040 g/mol. The first-order chi connectivity index (χ1) is 39.9. The normalized spacial score (nSPS) is 14.0. The van der Waals surface area contributed by atoms with Crippen molar-refractivity contribution >= 4 is 19.7 Å². The Balaban J connectivity index is 5.11. The Labute approximate surface area is 508 Å². The van der Waals surface area contributed by atoms with Gasteiger partial charge in [0.15, 0.2) is 0 Å². The van der Waals surface area contributed by atoms with E-state index in [0.29, 0.717) is 17.4 Å². The van der Waals surface area contributed by atoms with Gasteiger partial charge in [0.05, 0.1) is 33.8 Å². The van der Waals surface area contributed by atoms with Gasteiger partial charge in [-0.3, -0.25) is 18.6 Å². The summed E-state index contributed by atoms with van der Waals surface area (Å²) < 4.78 is 30.8. The van der Waals surface area contributed by atoms with Gasteiger partial charge in [0, 0.05) is 12.8 Å². The highest BCUT2D eigenvalue weighted by atomic mass is 31.2. The molecule has 0 heterocycles. The molecule has 0 aliphatic heterocycles. The summed E-state index contributed by atoms with van der Waals surface area (Å²) in [6, 6.07) is -0.854. The van der Waals surface area contributed by atoms with Crippen LogP contribution in [0.4, 0.5) is 0 Å². The van der Waals surface area contributed by atoms with Crippen LogP contribution in [0.15, 0.2) is 72.9 Å². The van der Waals surface area contributed by atoms with Crippen molar-refractivity contribution in [3.63, 3.8) is 0 Å². The van der Waals surface area contributed by atoms with E-state index in [4.69, 9.17) is 13.8 Å². The van der Waals surface area contributed by atoms with E-state index in [1.807, 2.05) is 33.3 Å². The van der Waals surface area contributed by atoms with Gasteiger partial charge in [0.1, 0.15) is 19.3 Å². The zero-order valence-electron chi connectivity index (χ0n) is 54.7. The lowest BCUT2D eigenvalue weighted by atomic mass is 10.0. The lowest BCUT2D eigenvalue weighted by Crippen LogP contribution is -2.47. The maximum Gasteiger partial charge on any atom is 0.472 e. The second kappa shape index (κ2) is 61.5. The van der Waals surface area contributed by atoms with Crippen LogP contribution in [-0.4, -0.2) is 74.3 Å². The van der Waals surface area contributed by atoms with E-state index < -0.39 is 20.0 Å². The largest absolute Gasteiger partial charge is 0.472 e. The summed E-state index contributed by atoms with van der Waals surface area (Å²) in [6.45, 7) is 6.99. The van der Waals surface area contributed by atoms with Crippen molar-refractivity contribution in [1.82, 2.24) is 5.32 Å². The molecule has 0 aromatic rings. The molecule has 0 fully saturated rings. The predicted molar refractivity (Wildman–Crippen MR) is 355 cm³/mol. The first-order valence-electron chi connectivity index (χ1n) is 34.8. The van der Waals surface area contributed by atoms with Crippen LogP contribution in [0.5, 0.6) is 0 Å². The second-order valence-electron chi connectivity index (χ2n) is 24.7. The Morgan fingerprint density at radius 1 is 0.427 bits per heavy atom. The summed E-state index contributed by atoms with van der Waals surface area (Å²) >= 11 is 0. The fourth-order valence-electron chi connectivity index (χ4n) is 9.98. The van der Waals surface area contributed by atoms with Crippen molar-refractivity contribution < 1.29 is 37.3 Å². The molecule has 0 spiro atoms. The molecule has 3 atom stereocenters. The van der Waals surface area contributed by atoms with Crippen molar-refractivity contribution in [1.29, 1.82) is 0 Å². The quantitative estimate of drug-likeness (QED) is 0.0205. The number of carbonyl (C=O) groups excluding carboxylic acids is 2. The Morgan fingerprint density at radius 3 is 1.13 bits per heavy atom. The number of phosphoric ester groups is 1. The average molecular weight is 1170 g/mol. The summed E-state index contributed by atoms with van der Waals surface area (Å²) in [5.41, 5.74) is 0. The zero-order valence-corrected chi connectivity index (χ0v) is 55.6. The highest BCUT2D eigenvalue weighted by Crippen LogP contribution is 2.43. The molecule has 0 aromatic heterocycles. The third-order valence-corrected chi connectivity index (χ3v) is 16.4. The van der Waals surface area contributed by atoms with Gasteiger partial charge in [-0.2, -0.15) is 0 Å². The van der Waals surface area contributed by atoms with Gasteiger partial charge >= 0.3 is 13.8 Å². The molecule has 0 aliphatic rings. The molecule has 0 aliphatic carbocycles. The number of ether oxygens (including phenoxy) is 1. The number of quaternary nitrogens is 1. The molecule has 0 bridgehead atoms. The number of allylic oxidation sites excluding steroid dienone is 11. The minimum Gasteiger partial charge on any atom is -0.456 e. The number of esters is 1. The number of hydrogen-bond donors (Lipinski definition) is 2. The minimum atomic E-state index is -4.46. The van der Waals surface area contributed by atoms with Gasteiger partial charge < -0.3 is 19.4 Å². The maximum atomic E-state index is 13.6. The standard InChI is InChI=1S/C72H133N2O7P/c1-7-10-13-16-19-22-25-28-30-32-34-36-37-39-41-43-45-47-50-53-56-59-62-65-72(76)81-70(63-60-57-54-51-48-27-24-21-18-15-12-9-3)69(68-80-82(77,78)79-67-66-74(4,5)6)73-71(75)64-61-58-55-52-49-46-44-42-40-38-35-33-31-29-26-23-20-17-14-11-8-2/h19-20,22-23,28-31,34,36,60,63,69-70H,7-18,21,24-27,32-33,35,37-59,61-62,64-68H2,1-6H3,(H-,73,75,77,78)/p+1/b22-19-,23-20-,30-28-,31-29-,36-34-,63-60+. The van der Waals surface area contributed by atoms with Crippen LogP contribution in [0.2, 0.25) is 0 Å². The number of amides is 1. The Morgan fingerprint density at radius 2 is 0.744 bits per heavy atom. The van der Waals surface area contributed by atoms with E-state index in [1.54, 1.807) is 0 Å². The fourth-order valence-corrected chi connectivity index (χ4v) is 10.7. The lowest BCUT2D eigenvalue weighted by molar-refractivity contribution is -0.870. The highest BCUT2D eigenvalue weighted by molar-refractivity contribution is 7.47. The van der Waals surface area contributed by atoms with Crippen LogP contribution in [0.3, 0.4) is 0 Å². The Hall–Kier alpha value is -2.55. The summed E-state index contributed by atoms with van der Waals surface area (Å²) in [6.07, 6.45) is 80.4. The summed E-state index contributed by atoms with van der Waals surface area (Å²) in [5.74, 6) is -0.504. The predicted octanol–water partition coefficient (Wildman–Crippen LogP) is 22.0. The van der Waals surface area contributed by atoms with Crippen molar-refractivity contribution in [2.45, 2.75) is 335 Å². The summed E-state index contributed by atoms with van der Waals surface area (Å²) in [5, 5.41) is 3.07. The number of phosphoric acid groups is 1. The van der Waals surface area contributed by atoms with Crippen molar-refractivity contribution in [3.05, 3.63) is 72.9 Å². The highest BCUT2D eigenvalue weighted by Gasteiger charge is 2.30. The van der Waals surface area contributed by atoms with Crippen LogP contribution in [0.1, 0.15) is 323 Å². The van der Waals surface area contributed by atoms with Crippen LogP contribution in [0.25, 0.3) is 0 Å². The summed E-state index contributed by atoms with van der Waals surface area (Å²) in [4.78, 5) is 37.9. The number of carbonyl (C=O) groups is 2. The van der Waals surface area contributed by atoms with Gasteiger partial charge in [-0.05, 0) is 102 Å². The fraction of sp³-hybridized carbons (Fsp3) is 0.806. The molecule has 10 heteroatoms. The van der Waals surface area contributed by atoms with Gasteiger partial charge in [-0.1, -0.05) is 280 Å². The molecule has 3 unspecified atom stereocenters. The van der Waals surface area contributed by atoms with Crippen molar-refractivity contribution in [3.8, 4) is 0 Å². The molecular formula is C72H134N2O7P+. The van der Waals surface area contributed by atoms with Gasteiger partial charge in [0.25, 0.3) is 0 Å².